The van der Waals surface area contributed by atoms with Crippen LogP contribution < -0.4 is 5.32 Å². The van der Waals surface area contributed by atoms with Crippen molar-refractivity contribution in [1.82, 2.24) is 10.2 Å². The second-order valence-corrected chi connectivity index (χ2v) is 5.99. The number of fused-ring (bicyclic) bond motifs is 1. The predicted octanol–water partition coefficient (Wildman–Crippen LogP) is 1.82. The van der Waals surface area contributed by atoms with Gasteiger partial charge in [0.05, 0.1) is 23.7 Å². The molecular weight excluding hydrogens is 295 g/mol. The van der Waals surface area contributed by atoms with Crippen LogP contribution in [0, 0.1) is 11.7 Å². The van der Waals surface area contributed by atoms with Crippen molar-refractivity contribution in [2.45, 2.75) is 19.1 Å². The Hall–Kier alpha value is -1.17. The summed E-state index contributed by atoms with van der Waals surface area (Å²) in [5, 5.41) is 3.02. The first-order valence-electron chi connectivity index (χ1n) is 7.19. The number of amides is 1. The van der Waals surface area contributed by atoms with E-state index in [0.29, 0.717) is 26.2 Å². The topological polar surface area (TPSA) is 41.6 Å². The largest absolute Gasteiger partial charge is 0.374 e. The van der Waals surface area contributed by atoms with Gasteiger partial charge in [0.15, 0.2) is 0 Å². The molecule has 2 atom stereocenters. The number of halogens is 2. The zero-order chi connectivity index (χ0) is 14.8. The predicted molar refractivity (Wildman–Crippen MR) is 77.5 cm³/mol. The standard InChI is InChI=1S/C15H18ClFN2O2/c16-12-2-1-10(7-13(12)17)8-19-5-3-11-14(9-19)21-6-4-18-15(11)20/h1-2,7,11,14H,3-6,8-9H2,(H,18,20)/t11-,14+/m0/s1. The molecule has 2 heterocycles. The highest BCUT2D eigenvalue weighted by Gasteiger charge is 2.36. The highest BCUT2D eigenvalue weighted by molar-refractivity contribution is 6.30. The number of likely N-dealkylation sites (tertiary alicyclic amines) is 1. The Morgan fingerprint density at radius 2 is 2.33 bits per heavy atom. The first-order chi connectivity index (χ1) is 10.1. The van der Waals surface area contributed by atoms with Crippen LogP contribution >= 0.6 is 11.6 Å². The molecule has 2 fully saturated rings. The molecule has 1 N–H and O–H groups in total. The lowest BCUT2D eigenvalue weighted by atomic mass is 9.92. The van der Waals surface area contributed by atoms with E-state index in [-0.39, 0.29) is 23.0 Å². The lowest BCUT2D eigenvalue weighted by molar-refractivity contribution is -0.130. The minimum Gasteiger partial charge on any atom is -0.374 e. The average Bonchev–Trinajstić information content (AvgIpc) is 2.65. The van der Waals surface area contributed by atoms with E-state index in [1.165, 1.54) is 6.07 Å². The van der Waals surface area contributed by atoms with E-state index in [4.69, 9.17) is 16.3 Å². The molecular formula is C15H18ClFN2O2. The van der Waals surface area contributed by atoms with Crippen molar-refractivity contribution in [2.24, 2.45) is 5.92 Å². The number of nitrogens with one attached hydrogen (secondary N) is 1. The van der Waals surface area contributed by atoms with Crippen LogP contribution in [0.25, 0.3) is 0 Å². The Morgan fingerprint density at radius 1 is 1.48 bits per heavy atom. The molecule has 0 bridgehead atoms. The summed E-state index contributed by atoms with van der Waals surface area (Å²) in [6.45, 7) is 3.28. The molecule has 6 heteroatoms. The average molecular weight is 313 g/mol. The molecule has 0 unspecified atom stereocenters. The van der Waals surface area contributed by atoms with Gasteiger partial charge in [0.1, 0.15) is 5.82 Å². The van der Waals surface area contributed by atoms with Crippen molar-refractivity contribution < 1.29 is 13.9 Å². The number of benzene rings is 1. The van der Waals surface area contributed by atoms with Crippen molar-refractivity contribution in [1.29, 1.82) is 0 Å². The van der Waals surface area contributed by atoms with Crippen molar-refractivity contribution >= 4 is 17.5 Å². The quantitative estimate of drug-likeness (QED) is 0.905. The van der Waals surface area contributed by atoms with Crippen LogP contribution in [0.5, 0.6) is 0 Å². The fourth-order valence-corrected chi connectivity index (χ4v) is 3.12. The summed E-state index contributed by atoms with van der Waals surface area (Å²) in [4.78, 5) is 14.1. The fraction of sp³-hybridized carbons (Fsp3) is 0.533. The lowest BCUT2D eigenvalue weighted by Crippen LogP contribution is -2.48. The molecule has 21 heavy (non-hydrogen) atoms. The van der Waals surface area contributed by atoms with Crippen LogP contribution in [0.2, 0.25) is 5.02 Å². The van der Waals surface area contributed by atoms with Crippen LogP contribution in [-0.2, 0) is 16.1 Å². The normalized spacial score (nSPS) is 26.9. The van der Waals surface area contributed by atoms with Gasteiger partial charge >= 0.3 is 0 Å². The summed E-state index contributed by atoms with van der Waals surface area (Å²) in [5.41, 5.74) is 0.883. The van der Waals surface area contributed by atoms with Crippen LogP contribution in [0.3, 0.4) is 0 Å². The maximum absolute atomic E-state index is 13.5. The van der Waals surface area contributed by atoms with Crippen molar-refractivity contribution in [3.8, 4) is 0 Å². The van der Waals surface area contributed by atoms with Crippen molar-refractivity contribution in [3.63, 3.8) is 0 Å². The van der Waals surface area contributed by atoms with Gasteiger partial charge in [-0.05, 0) is 30.7 Å². The molecule has 1 aromatic carbocycles. The van der Waals surface area contributed by atoms with Crippen molar-refractivity contribution in [2.75, 3.05) is 26.2 Å². The first kappa shape index (κ1) is 14.8. The molecule has 0 aliphatic carbocycles. The maximum Gasteiger partial charge on any atom is 0.225 e. The minimum absolute atomic E-state index is 0.0642. The number of nitrogens with zero attached hydrogens (tertiary/aromatic N) is 1. The van der Waals surface area contributed by atoms with E-state index >= 15 is 0 Å². The van der Waals surface area contributed by atoms with Gasteiger partial charge < -0.3 is 10.1 Å². The van der Waals surface area contributed by atoms with E-state index in [1.54, 1.807) is 6.07 Å². The summed E-state index contributed by atoms with van der Waals surface area (Å²) in [7, 11) is 0. The number of rotatable bonds is 2. The highest BCUT2D eigenvalue weighted by Crippen LogP contribution is 2.24. The van der Waals surface area contributed by atoms with Gasteiger partial charge in [-0.1, -0.05) is 17.7 Å². The third kappa shape index (κ3) is 3.36. The van der Waals surface area contributed by atoms with E-state index in [2.05, 4.69) is 10.2 Å². The summed E-state index contributed by atoms with van der Waals surface area (Å²) in [6, 6.07) is 4.88. The Kier molecular flexibility index (Phi) is 4.42. The zero-order valence-electron chi connectivity index (χ0n) is 11.6. The van der Waals surface area contributed by atoms with E-state index in [9.17, 15) is 9.18 Å². The van der Waals surface area contributed by atoms with Gasteiger partial charge in [-0.2, -0.15) is 0 Å². The second-order valence-electron chi connectivity index (χ2n) is 5.58. The Bertz CT molecular complexity index is 540. The summed E-state index contributed by atoms with van der Waals surface area (Å²) in [5.74, 6) is -0.366. The Labute approximate surface area is 128 Å². The molecule has 1 amide bonds. The van der Waals surface area contributed by atoms with Crippen LogP contribution in [0.1, 0.15) is 12.0 Å². The SMILES string of the molecule is O=C1NCCO[C@@H]2CN(Cc3ccc(Cl)c(F)c3)CC[C@H]12. The molecule has 0 aromatic heterocycles. The zero-order valence-corrected chi connectivity index (χ0v) is 12.4. The number of piperidine rings is 1. The van der Waals surface area contributed by atoms with Gasteiger partial charge in [-0.3, -0.25) is 9.69 Å². The molecule has 2 saturated heterocycles. The highest BCUT2D eigenvalue weighted by atomic mass is 35.5. The molecule has 114 valence electrons. The van der Waals surface area contributed by atoms with Crippen molar-refractivity contribution in [3.05, 3.63) is 34.6 Å². The van der Waals surface area contributed by atoms with Gasteiger partial charge in [-0.25, -0.2) is 4.39 Å². The third-order valence-electron chi connectivity index (χ3n) is 4.10. The minimum atomic E-state index is -0.394. The van der Waals surface area contributed by atoms with Gasteiger partial charge in [0, 0.05) is 19.6 Å². The number of hydrogen-bond acceptors (Lipinski definition) is 3. The summed E-state index contributed by atoms with van der Waals surface area (Å²) >= 11 is 5.70. The molecule has 2 aliphatic rings. The van der Waals surface area contributed by atoms with E-state index < -0.39 is 5.82 Å². The third-order valence-corrected chi connectivity index (χ3v) is 4.41. The smallest absolute Gasteiger partial charge is 0.225 e. The maximum atomic E-state index is 13.5. The first-order valence-corrected chi connectivity index (χ1v) is 7.57. The van der Waals surface area contributed by atoms with E-state index in [1.807, 2.05) is 6.07 Å². The van der Waals surface area contributed by atoms with Crippen LogP contribution in [0.4, 0.5) is 4.39 Å². The molecule has 1 aromatic rings. The monoisotopic (exact) mass is 312 g/mol. The second kappa shape index (κ2) is 6.30. The van der Waals surface area contributed by atoms with E-state index in [0.717, 1.165) is 18.5 Å². The Balaban J connectivity index is 1.65. The van der Waals surface area contributed by atoms with Gasteiger partial charge in [0.2, 0.25) is 5.91 Å². The summed E-state index contributed by atoms with van der Waals surface area (Å²) in [6.07, 6.45) is 0.699. The summed E-state index contributed by atoms with van der Waals surface area (Å²) < 4.78 is 19.2. The molecule has 3 rings (SSSR count). The molecule has 0 spiro atoms. The number of carbonyl (C=O) groups is 1. The Morgan fingerprint density at radius 3 is 3.14 bits per heavy atom. The number of hydrogen-bond donors (Lipinski definition) is 1. The fourth-order valence-electron chi connectivity index (χ4n) is 3.00. The number of ether oxygens (including phenoxy) is 1. The molecule has 2 aliphatic heterocycles. The van der Waals surface area contributed by atoms with Crippen LogP contribution in [-0.4, -0.2) is 43.2 Å². The molecule has 0 saturated carbocycles. The molecule has 4 nitrogen and oxygen atoms in total. The lowest BCUT2D eigenvalue weighted by Gasteiger charge is -2.36. The van der Waals surface area contributed by atoms with Gasteiger partial charge in [0.25, 0.3) is 0 Å². The number of carbonyl (C=O) groups excluding carboxylic acids is 1. The van der Waals surface area contributed by atoms with Crippen LogP contribution in [0.15, 0.2) is 18.2 Å². The van der Waals surface area contributed by atoms with Gasteiger partial charge in [-0.15, -0.1) is 0 Å². The molecule has 0 radical (unpaired) electrons.